The van der Waals surface area contributed by atoms with Gasteiger partial charge in [0.2, 0.25) is 0 Å². The summed E-state index contributed by atoms with van der Waals surface area (Å²) in [6.07, 6.45) is 0.841. The van der Waals surface area contributed by atoms with Gasteiger partial charge in [0.1, 0.15) is 18.0 Å². The van der Waals surface area contributed by atoms with Gasteiger partial charge in [-0.2, -0.15) is 0 Å². The maximum Gasteiger partial charge on any atom is 0.426 e. The lowest BCUT2D eigenvalue weighted by molar-refractivity contribution is 0.0483. The Morgan fingerprint density at radius 3 is 2.52 bits per heavy atom. The van der Waals surface area contributed by atoms with Crippen LogP contribution in [0.3, 0.4) is 0 Å². The molecule has 0 aliphatic carbocycles. The Morgan fingerprint density at radius 2 is 1.90 bits per heavy atom. The predicted molar refractivity (Wildman–Crippen MR) is 79.0 cm³/mol. The van der Waals surface area contributed by atoms with Crippen molar-refractivity contribution >= 4 is 12.0 Å². The Kier molecular flexibility index (Phi) is 5.78. The molecule has 6 nitrogen and oxygen atoms in total. The van der Waals surface area contributed by atoms with Crippen molar-refractivity contribution in [2.45, 2.75) is 26.4 Å². The van der Waals surface area contributed by atoms with Crippen LogP contribution in [0.5, 0.6) is 5.75 Å². The number of hydrogen-bond acceptors (Lipinski definition) is 4. The normalized spacial score (nSPS) is 10.4. The Morgan fingerprint density at radius 1 is 1.24 bits per heavy atom. The molecule has 0 saturated carbocycles. The van der Waals surface area contributed by atoms with E-state index in [9.17, 15) is 9.59 Å². The van der Waals surface area contributed by atoms with Crippen molar-refractivity contribution in [3.05, 3.63) is 42.5 Å². The first-order chi connectivity index (χ1) is 9.83. The molecule has 1 aromatic rings. The molecule has 6 heteroatoms. The summed E-state index contributed by atoms with van der Waals surface area (Å²) in [5.41, 5.74) is 4.12. The van der Waals surface area contributed by atoms with Gasteiger partial charge in [-0.1, -0.05) is 24.8 Å². The van der Waals surface area contributed by atoms with Gasteiger partial charge in [0.05, 0.1) is 5.56 Å². The van der Waals surface area contributed by atoms with Gasteiger partial charge in [0.25, 0.3) is 5.91 Å². The monoisotopic (exact) mass is 292 g/mol. The van der Waals surface area contributed by atoms with Crippen LogP contribution in [0.1, 0.15) is 31.1 Å². The minimum atomic E-state index is -0.736. The van der Waals surface area contributed by atoms with Crippen LogP contribution in [0.2, 0.25) is 0 Å². The second-order valence-electron chi connectivity index (χ2n) is 5.18. The van der Waals surface area contributed by atoms with E-state index in [1.165, 1.54) is 0 Å². The molecule has 0 unspecified atom stereocenters. The molecule has 0 bridgehead atoms. The molecule has 21 heavy (non-hydrogen) atoms. The van der Waals surface area contributed by atoms with E-state index < -0.39 is 17.6 Å². The molecule has 114 valence electrons. The topological polar surface area (TPSA) is 76.7 Å². The van der Waals surface area contributed by atoms with E-state index in [4.69, 9.17) is 9.47 Å². The summed E-state index contributed by atoms with van der Waals surface area (Å²) in [4.78, 5) is 23.5. The summed E-state index contributed by atoms with van der Waals surface area (Å²) in [5.74, 6) is -0.0959. The van der Waals surface area contributed by atoms with Crippen molar-refractivity contribution in [2.24, 2.45) is 0 Å². The van der Waals surface area contributed by atoms with E-state index in [1.807, 2.05) is 0 Å². The zero-order valence-corrected chi connectivity index (χ0v) is 12.4. The van der Waals surface area contributed by atoms with Gasteiger partial charge in [-0.3, -0.25) is 10.2 Å². The Bertz CT molecular complexity index is 521. The molecule has 1 aromatic carbocycles. The smallest absolute Gasteiger partial charge is 0.426 e. The third kappa shape index (κ3) is 5.99. The summed E-state index contributed by atoms with van der Waals surface area (Å²) in [6, 6.07) is 6.69. The summed E-state index contributed by atoms with van der Waals surface area (Å²) >= 11 is 0. The molecule has 0 aliphatic rings. The van der Waals surface area contributed by atoms with Crippen LogP contribution >= 0.6 is 0 Å². The number of benzene rings is 1. The first kappa shape index (κ1) is 16.6. The third-order valence-corrected chi connectivity index (χ3v) is 2.17. The maximum absolute atomic E-state index is 12.0. The maximum atomic E-state index is 12.0. The second-order valence-corrected chi connectivity index (χ2v) is 5.18. The number of hydrazine groups is 1. The summed E-state index contributed by atoms with van der Waals surface area (Å²) in [7, 11) is 0. The number of ether oxygens (including phenoxy) is 2. The fourth-order valence-electron chi connectivity index (χ4n) is 1.41. The van der Waals surface area contributed by atoms with Crippen molar-refractivity contribution in [2.75, 3.05) is 6.61 Å². The average Bonchev–Trinajstić information content (AvgIpc) is 2.41. The Hall–Kier alpha value is -2.50. The highest BCUT2D eigenvalue weighted by Crippen LogP contribution is 2.17. The molecule has 2 N–H and O–H groups in total. The lowest BCUT2D eigenvalue weighted by Crippen LogP contribution is -2.44. The van der Waals surface area contributed by atoms with Crippen LogP contribution in [0, 0.1) is 0 Å². The molecule has 0 fully saturated rings. The average molecular weight is 292 g/mol. The summed E-state index contributed by atoms with van der Waals surface area (Å²) in [6.45, 7) is 9.01. The molecular weight excluding hydrogens is 272 g/mol. The predicted octanol–water partition coefficient (Wildman–Crippen LogP) is 2.42. The molecule has 0 aliphatic heterocycles. The van der Waals surface area contributed by atoms with Crippen molar-refractivity contribution in [1.82, 2.24) is 10.9 Å². The van der Waals surface area contributed by atoms with Crippen LogP contribution in [0.25, 0.3) is 0 Å². The number of amides is 2. The molecule has 0 atom stereocenters. The van der Waals surface area contributed by atoms with Crippen LogP contribution < -0.4 is 15.6 Å². The van der Waals surface area contributed by atoms with Gasteiger partial charge in [0.15, 0.2) is 0 Å². The molecule has 0 aromatic heterocycles. The summed E-state index contributed by atoms with van der Waals surface area (Å²) < 4.78 is 10.4. The zero-order chi connectivity index (χ0) is 15.9. The number of para-hydroxylation sites is 1. The van der Waals surface area contributed by atoms with Gasteiger partial charge in [-0.15, -0.1) is 0 Å². The number of hydrogen-bond donors (Lipinski definition) is 2. The number of rotatable bonds is 4. The fourth-order valence-corrected chi connectivity index (χ4v) is 1.41. The van der Waals surface area contributed by atoms with Gasteiger partial charge in [0, 0.05) is 0 Å². The van der Waals surface area contributed by atoms with E-state index in [0.717, 1.165) is 0 Å². The van der Waals surface area contributed by atoms with Gasteiger partial charge < -0.3 is 9.47 Å². The number of carbonyl (C=O) groups excluding carboxylic acids is 2. The Balaban J connectivity index is 2.63. The molecular formula is C15H20N2O4. The van der Waals surface area contributed by atoms with E-state index >= 15 is 0 Å². The van der Waals surface area contributed by atoms with E-state index in [1.54, 1.807) is 51.1 Å². The molecule has 2 amide bonds. The molecule has 0 spiro atoms. The first-order valence-corrected chi connectivity index (χ1v) is 6.45. The fraction of sp³-hybridized carbons (Fsp3) is 0.333. The zero-order valence-electron chi connectivity index (χ0n) is 12.4. The molecule has 0 radical (unpaired) electrons. The van der Waals surface area contributed by atoms with Gasteiger partial charge in [-0.05, 0) is 32.9 Å². The van der Waals surface area contributed by atoms with Crippen LogP contribution in [-0.4, -0.2) is 24.2 Å². The van der Waals surface area contributed by atoms with Crippen LogP contribution in [-0.2, 0) is 4.74 Å². The minimum Gasteiger partial charge on any atom is -0.489 e. The van der Waals surface area contributed by atoms with E-state index in [0.29, 0.717) is 11.3 Å². The van der Waals surface area contributed by atoms with E-state index in [2.05, 4.69) is 17.4 Å². The van der Waals surface area contributed by atoms with Crippen molar-refractivity contribution in [3.63, 3.8) is 0 Å². The van der Waals surface area contributed by atoms with Gasteiger partial charge in [-0.25, -0.2) is 10.2 Å². The lowest BCUT2D eigenvalue weighted by atomic mass is 10.2. The third-order valence-electron chi connectivity index (χ3n) is 2.17. The SMILES string of the molecule is C=CCOc1ccccc1C(=O)NNC(=O)OC(C)(C)C. The summed E-state index contributed by atoms with van der Waals surface area (Å²) in [5, 5.41) is 0. The molecule has 1 rings (SSSR count). The van der Waals surface area contributed by atoms with Crippen molar-refractivity contribution < 1.29 is 19.1 Å². The molecule has 0 saturated heterocycles. The second kappa shape index (κ2) is 7.33. The standard InChI is InChI=1S/C15H20N2O4/c1-5-10-20-12-9-7-6-8-11(12)13(18)16-17-14(19)21-15(2,3)4/h5-9H,1,10H2,2-4H3,(H,16,18)(H,17,19). The molecule has 0 heterocycles. The highest BCUT2D eigenvalue weighted by Gasteiger charge is 2.17. The van der Waals surface area contributed by atoms with E-state index in [-0.39, 0.29) is 6.61 Å². The highest BCUT2D eigenvalue weighted by molar-refractivity contribution is 5.97. The number of carbonyl (C=O) groups is 2. The number of nitrogens with one attached hydrogen (secondary N) is 2. The Labute approximate surface area is 124 Å². The lowest BCUT2D eigenvalue weighted by Gasteiger charge is -2.19. The largest absolute Gasteiger partial charge is 0.489 e. The van der Waals surface area contributed by atoms with Crippen LogP contribution in [0.15, 0.2) is 36.9 Å². The minimum absolute atomic E-state index is 0.282. The van der Waals surface area contributed by atoms with Crippen molar-refractivity contribution in [3.8, 4) is 5.75 Å². The quantitative estimate of drug-likeness (QED) is 0.660. The van der Waals surface area contributed by atoms with Gasteiger partial charge >= 0.3 is 6.09 Å². The highest BCUT2D eigenvalue weighted by atomic mass is 16.6. The van der Waals surface area contributed by atoms with Crippen molar-refractivity contribution in [1.29, 1.82) is 0 Å². The first-order valence-electron chi connectivity index (χ1n) is 6.45. The van der Waals surface area contributed by atoms with Crippen LogP contribution in [0.4, 0.5) is 4.79 Å².